The van der Waals surface area contributed by atoms with Gasteiger partial charge in [0.15, 0.2) is 0 Å². The Balaban J connectivity index is 2.27. The molecular weight excluding hydrogens is 214 g/mol. The number of amides is 1. The minimum atomic E-state index is -0.339. The van der Waals surface area contributed by atoms with Crippen molar-refractivity contribution in [2.45, 2.75) is 13.3 Å². The van der Waals surface area contributed by atoms with Crippen LogP contribution in [0.2, 0.25) is 0 Å². The van der Waals surface area contributed by atoms with Crippen molar-refractivity contribution in [2.24, 2.45) is 5.73 Å². The molecule has 0 spiro atoms. The zero-order chi connectivity index (χ0) is 12.3. The van der Waals surface area contributed by atoms with E-state index in [0.717, 1.165) is 38.2 Å². The maximum Gasteiger partial charge on any atom is 0.248 e. The lowest BCUT2D eigenvalue weighted by molar-refractivity contribution is 0.0999. The number of nitrogens with two attached hydrogens (primary N) is 1. The van der Waals surface area contributed by atoms with Crippen molar-refractivity contribution in [3.05, 3.63) is 29.3 Å². The summed E-state index contributed by atoms with van der Waals surface area (Å²) in [5, 5.41) is 3.33. The number of hydrogen-bond donors (Lipinski definition) is 2. The molecular formula is C13H19N3O. The molecule has 0 bridgehead atoms. The Kier molecular flexibility index (Phi) is 3.64. The first-order valence-corrected chi connectivity index (χ1v) is 6.10. The molecule has 17 heavy (non-hydrogen) atoms. The van der Waals surface area contributed by atoms with Crippen LogP contribution in [0.15, 0.2) is 18.2 Å². The second-order valence-corrected chi connectivity index (χ2v) is 4.30. The average Bonchev–Trinajstić information content (AvgIpc) is 2.39. The largest absolute Gasteiger partial charge is 0.369 e. The number of hydrogen-bond acceptors (Lipinski definition) is 3. The first-order chi connectivity index (χ1) is 8.22. The number of nitrogens with one attached hydrogen (secondary N) is 1. The summed E-state index contributed by atoms with van der Waals surface area (Å²) < 4.78 is 0. The van der Waals surface area contributed by atoms with Crippen molar-refractivity contribution in [1.29, 1.82) is 0 Å². The van der Waals surface area contributed by atoms with Crippen LogP contribution in [-0.2, 0) is 6.42 Å². The Morgan fingerprint density at radius 1 is 1.41 bits per heavy atom. The van der Waals surface area contributed by atoms with Crippen LogP contribution in [0.5, 0.6) is 0 Å². The highest BCUT2D eigenvalue weighted by atomic mass is 16.1. The molecule has 0 saturated carbocycles. The third-order valence-electron chi connectivity index (χ3n) is 3.22. The fourth-order valence-electron chi connectivity index (χ4n) is 2.23. The number of primary amides is 1. The van der Waals surface area contributed by atoms with E-state index in [1.54, 1.807) is 0 Å². The summed E-state index contributed by atoms with van der Waals surface area (Å²) in [7, 11) is 0. The predicted molar refractivity (Wildman–Crippen MR) is 69.4 cm³/mol. The van der Waals surface area contributed by atoms with Gasteiger partial charge in [-0.3, -0.25) is 4.79 Å². The zero-order valence-corrected chi connectivity index (χ0v) is 10.2. The lowest BCUT2D eigenvalue weighted by Crippen LogP contribution is -2.43. The molecule has 0 aromatic heterocycles. The molecule has 1 aromatic carbocycles. The first-order valence-electron chi connectivity index (χ1n) is 6.10. The molecule has 1 saturated heterocycles. The summed E-state index contributed by atoms with van der Waals surface area (Å²) in [6.07, 6.45) is 0.832. The van der Waals surface area contributed by atoms with Crippen LogP contribution >= 0.6 is 0 Å². The second kappa shape index (κ2) is 5.19. The molecule has 92 valence electrons. The van der Waals surface area contributed by atoms with Crippen LogP contribution in [0.4, 0.5) is 5.69 Å². The van der Waals surface area contributed by atoms with Crippen LogP contribution in [0.3, 0.4) is 0 Å². The van der Waals surface area contributed by atoms with E-state index in [-0.39, 0.29) is 5.91 Å². The van der Waals surface area contributed by atoms with Gasteiger partial charge in [-0.05, 0) is 30.2 Å². The normalized spacial score (nSPS) is 15.9. The van der Waals surface area contributed by atoms with Gasteiger partial charge in [0.2, 0.25) is 5.91 Å². The highest BCUT2D eigenvalue weighted by Crippen LogP contribution is 2.20. The topological polar surface area (TPSA) is 58.4 Å². The van der Waals surface area contributed by atoms with Gasteiger partial charge >= 0.3 is 0 Å². The molecule has 1 amide bonds. The highest BCUT2D eigenvalue weighted by molar-refractivity contribution is 5.94. The molecule has 1 aromatic rings. The number of anilines is 1. The Morgan fingerprint density at radius 3 is 2.71 bits per heavy atom. The number of rotatable bonds is 3. The highest BCUT2D eigenvalue weighted by Gasteiger charge is 2.13. The lowest BCUT2D eigenvalue weighted by atomic mass is 10.0. The van der Waals surface area contributed by atoms with E-state index >= 15 is 0 Å². The van der Waals surface area contributed by atoms with E-state index in [2.05, 4.69) is 16.3 Å². The van der Waals surface area contributed by atoms with Gasteiger partial charge < -0.3 is 16.0 Å². The summed E-state index contributed by atoms with van der Waals surface area (Å²) in [6, 6.07) is 5.93. The molecule has 1 heterocycles. The molecule has 2 rings (SSSR count). The summed E-state index contributed by atoms with van der Waals surface area (Å²) in [6.45, 7) is 6.10. The molecule has 1 aliphatic rings. The minimum absolute atomic E-state index is 0.339. The summed E-state index contributed by atoms with van der Waals surface area (Å²) in [5.41, 5.74) is 8.22. The van der Waals surface area contributed by atoms with E-state index in [1.165, 1.54) is 5.69 Å². The Labute approximate surface area is 102 Å². The summed E-state index contributed by atoms with van der Waals surface area (Å²) >= 11 is 0. The quantitative estimate of drug-likeness (QED) is 0.810. The zero-order valence-electron chi connectivity index (χ0n) is 10.2. The van der Waals surface area contributed by atoms with Crippen LogP contribution in [0.1, 0.15) is 22.8 Å². The molecule has 4 nitrogen and oxygen atoms in total. The number of benzene rings is 1. The van der Waals surface area contributed by atoms with Crippen molar-refractivity contribution >= 4 is 11.6 Å². The third kappa shape index (κ3) is 2.58. The van der Waals surface area contributed by atoms with Crippen molar-refractivity contribution in [2.75, 3.05) is 31.1 Å². The van der Waals surface area contributed by atoms with Gasteiger partial charge in [0.25, 0.3) is 0 Å². The van der Waals surface area contributed by atoms with Crippen molar-refractivity contribution in [1.82, 2.24) is 5.32 Å². The molecule has 4 heteroatoms. The Morgan fingerprint density at radius 2 is 2.12 bits per heavy atom. The lowest BCUT2D eigenvalue weighted by Gasteiger charge is -2.30. The van der Waals surface area contributed by atoms with Gasteiger partial charge in [0.1, 0.15) is 0 Å². The summed E-state index contributed by atoms with van der Waals surface area (Å²) in [5.74, 6) is -0.339. The van der Waals surface area contributed by atoms with Crippen LogP contribution in [0, 0.1) is 0 Å². The van der Waals surface area contributed by atoms with Gasteiger partial charge in [0.05, 0.1) is 0 Å². The van der Waals surface area contributed by atoms with E-state index in [1.807, 2.05) is 19.1 Å². The standard InChI is InChI=1S/C13H19N3O/c1-2-10-9-11(3-4-12(10)13(14)17)16-7-5-15-6-8-16/h3-4,9,15H,2,5-8H2,1H3,(H2,14,17). The Hall–Kier alpha value is -1.55. The van der Waals surface area contributed by atoms with Crippen molar-refractivity contribution in [3.8, 4) is 0 Å². The molecule has 1 fully saturated rings. The fraction of sp³-hybridized carbons (Fsp3) is 0.462. The first kappa shape index (κ1) is 11.9. The van der Waals surface area contributed by atoms with E-state index < -0.39 is 0 Å². The predicted octanol–water partition coefficient (Wildman–Crippen LogP) is 0.758. The van der Waals surface area contributed by atoms with Crippen LogP contribution in [-0.4, -0.2) is 32.1 Å². The maximum atomic E-state index is 11.3. The maximum absolute atomic E-state index is 11.3. The third-order valence-corrected chi connectivity index (χ3v) is 3.22. The second-order valence-electron chi connectivity index (χ2n) is 4.30. The summed E-state index contributed by atoms with van der Waals surface area (Å²) in [4.78, 5) is 13.6. The van der Waals surface area contributed by atoms with Gasteiger partial charge in [0, 0.05) is 37.4 Å². The molecule has 0 unspecified atom stereocenters. The van der Waals surface area contributed by atoms with E-state index in [9.17, 15) is 4.79 Å². The molecule has 1 aliphatic heterocycles. The number of aryl methyl sites for hydroxylation is 1. The van der Waals surface area contributed by atoms with Gasteiger partial charge in [-0.1, -0.05) is 6.92 Å². The van der Waals surface area contributed by atoms with Gasteiger partial charge in [-0.15, -0.1) is 0 Å². The monoisotopic (exact) mass is 233 g/mol. The van der Waals surface area contributed by atoms with Crippen LogP contribution in [0.25, 0.3) is 0 Å². The molecule has 0 aliphatic carbocycles. The number of piperazine rings is 1. The smallest absolute Gasteiger partial charge is 0.248 e. The van der Waals surface area contributed by atoms with Crippen molar-refractivity contribution in [3.63, 3.8) is 0 Å². The van der Waals surface area contributed by atoms with Gasteiger partial charge in [-0.2, -0.15) is 0 Å². The Bertz CT molecular complexity index is 411. The van der Waals surface area contributed by atoms with Crippen LogP contribution < -0.4 is 16.0 Å². The minimum Gasteiger partial charge on any atom is -0.369 e. The number of carbonyl (C=O) groups excluding carboxylic acids is 1. The molecule has 3 N–H and O–H groups in total. The molecule has 0 radical (unpaired) electrons. The van der Waals surface area contributed by atoms with Crippen molar-refractivity contribution < 1.29 is 4.79 Å². The van der Waals surface area contributed by atoms with Gasteiger partial charge in [-0.25, -0.2) is 0 Å². The molecule has 0 atom stereocenters. The average molecular weight is 233 g/mol. The number of nitrogens with zero attached hydrogens (tertiary/aromatic N) is 1. The van der Waals surface area contributed by atoms with E-state index in [4.69, 9.17) is 5.73 Å². The van der Waals surface area contributed by atoms with E-state index in [0.29, 0.717) is 5.56 Å². The number of carbonyl (C=O) groups is 1. The SMILES string of the molecule is CCc1cc(N2CCNCC2)ccc1C(N)=O. The fourth-order valence-corrected chi connectivity index (χ4v) is 2.23.